The van der Waals surface area contributed by atoms with Gasteiger partial charge in [-0.1, -0.05) is 6.58 Å². The highest BCUT2D eigenvalue weighted by Gasteiger charge is 2.61. The molecule has 17 nitrogen and oxygen atoms in total. The molecular formula is C22H40NO16P2-. The molecule has 0 spiro atoms. The van der Waals surface area contributed by atoms with Gasteiger partial charge in [0.2, 0.25) is 5.91 Å². The number of hydrogen-bond donors (Lipinski definition) is 5. The standard InChI is InChI=1S/C22H41NO16P2/c1-18(2)21(26)39-15-14-37-11-10-35-7-6-34-8-9-36-12-13-38-17-19(24)16-20(25)23-5-3-4-22(27,40(28,29)30)41(31,32)33/h27H,1,3-17H2,2H3,(H,23,25)(H2,28,29,30)(H2,31,32,33)/p-1. The molecule has 19 heteroatoms. The zero-order valence-corrected chi connectivity index (χ0v) is 24.7. The van der Waals surface area contributed by atoms with Gasteiger partial charge in [-0.2, -0.15) is 0 Å². The number of amides is 1. The number of ether oxygens (including phenoxy) is 6. The smallest absolute Gasteiger partial charge is 0.340 e. The molecule has 0 aromatic carbocycles. The van der Waals surface area contributed by atoms with Crippen molar-refractivity contribution in [1.29, 1.82) is 0 Å². The predicted octanol–water partition coefficient (Wildman–Crippen LogP) is -3.73. The average Bonchev–Trinajstić information content (AvgIpc) is 2.86. The fourth-order valence-corrected chi connectivity index (χ4v) is 4.89. The van der Waals surface area contributed by atoms with Crippen LogP contribution in [0.25, 0.3) is 0 Å². The number of rotatable bonds is 26. The van der Waals surface area contributed by atoms with Gasteiger partial charge in [0.15, 0.2) is 5.78 Å². The molecule has 0 aromatic heterocycles. The summed E-state index contributed by atoms with van der Waals surface area (Å²) in [7, 11) is -11.4. The van der Waals surface area contributed by atoms with E-state index in [9.17, 15) is 34.2 Å². The molecule has 1 amide bonds. The Labute approximate surface area is 239 Å². The minimum absolute atomic E-state index is 0.0836. The van der Waals surface area contributed by atoms with Crippen LogP contribution in [-0.4, -0.2) is 122 Å². The quantitative estimate of drug-likeness (QED) is 0.0201. The molecule has 0 heterocycles. The highest BCUT2D eigenvalue weighted by atomic mass is 31.3. The van der Waals surface area contributed by atoms with Gasteiger partial charge in [-0.05, 0) is 13.3 Å². The maximum Gasteiger partial charge on any atom is 0.340 e. The van der Waals surface area contributed by atoms with Crippen LogP contribution >= 0.6 is 15.9 Å². The number of nitrogens with one attached hydrogen (secondary N) is 1. The second-order valence-corrected chi connectivity index (χ2v) is 12.4. The number of carbonyl (C=O) groups excluding carboxylic acids is 3. The average molecular weight is 637 g/mol. The Kier molecular flexibility index (Phi) is 20.8. The van der Waals surface area contributed by atoms with Crippen LogP contribution in [0.4, 0.5) is 0 Å². The molecule has 0 aliphatic carbocycles. The summed E-state index contributed by atoms with van der Waals surface area (Å²) in [6.45, 7) is 6.98. The lowest BCUT2D eigenvalue weighted by molar-refractivity contribution is -0.347. The minimum atomic E-state index is -5.81. The lowest BCUT2D eigenvalue weighted by Gasteiger charge is -2.43. The molecule has 0 saturated heterocycles. The van der Waals surface area contributed by atoms with Gasteiger partial charge in [-0.15, -0.1) is 0 Å². The minimum Gasteiger partial charge on any atom is -0.654 e. The molecule has 0 rings (SSSR count). The first-order chi connectivity index (χ1) is 19.1. The van der Waals surface area contributed by atoms with E-state index in [0.29, 0.717) is 38.6 Å². The van der Waals surface area contributed by atoms with Gasteiger partial charge in [0.05, 0.1) is 72.3 Å². The lowest BCUT2D eigenvalue weighted by atomic mass is 10.2. The summed E-state index contributed by atoms with van der Waals surface area (Å²) >= 11 is 0. The summed E-state index contributed by atoms with van der Waals surface area (Å²) in [5.41, 5.74) is 0.323. The van der Waals surface area contributed by atoms with E-state index in [1.54, 1.807) is 6.92 Å². The molecule has 1 unspecified atom stereocenters. The summed E-state index contributed by atoms with van der Waals surface area (Å²) in [5.74, 6) is -1.78. The molecule has 1 atom stereocenters. The summed E-state index contributed by atoms with van der Waals surface area (Å²) < 4.78 is 31.1. The van der Waals surface area contributed by atoms with Crippen LogP contribution in [0.15, 0.2) is 12.2 Å². The van der Waals surface area contributed by atoms with Crippen LogP contribution in [0.2, 0.25) is 0 Å². The number of hydrogen-bond acceptors (Lipinski definition) is 16. The van der Waals surface area contributed by atoms with E-state index in [1.807, 2.05) is 0 Å². The molecule has 0 aliphatic heterocycles. The summed E-state index contributed by atoms with van der Waals surface area (Å²) in [4.78, 5) is 95.1. The van der Waals surface area contributed by atoms with Gasteiger partial charge in [0.1, 0.15) is 21.2 Å². The Bertz CT molecular complexity index is 773. The predicted molar refractivity (Wildman–Crippen MR) is 137 cm³/mol. The highest BCUT2D eigenvalue weighted by molar-refractivity contribution is 7.76. The zero-order valence-electron chi connectivity index (χ0n) is 22.9. The molecule has 0 bridgehead atoms. The molecule has 0 radical (unpaired) electrons. The van der Waals surface area contributed by atoms with Crippen molar-refractivity contribution in [3.05, 3.63) is 12.2 Å². The van der Waals surface area contributed by atoms with Crippen LogP contribution in [0.3, 0.4) is 0 Å². The topological polar surface area (TPSA) is 269 Å². The Morgan fingerprint density at radius 2 is 1.24 bits per heavy atom. The molecule has 5 N–H and O–H groups in total. The first-order valence-electron chi connectivity index (χ1n) is 12.4. The SMILES string of the molecule is C=C(C)C(=O)OCCOCCOCCOCCOCCOCC(=O)CC(=O)NCCCC(O)([P+]([O-])([O-])O)[P+]([O-])(O)O. The normalized spacial score (nSPS) is 13.5. The number of ketones is 1. The van der Waals surface area contributed by atoms with Crippen molar-refractivity contribution in [2.45, 2.75) is 31.3 Å². The third-order valence-electron chi connectivity index (χ3n) is 4.85. The lowest BCUT2D eigenvalue weighted by Crippen LogP contribution is -2.48. The summed E-state index contributed by atoms with van der Waals surface area (Å²) in [5, 5.41) is 8.24. The largest absolute Gasteiger partial charge is 0.654 e. The van der Waals surface area contributed by atoms with Crippen LogP contribution in [0.1, 0.15) is 26.2 Å². The van der Waals surface area contributed by atoms with Crippen LogP contribution in [-0.2, 0) is 42.8 Å². The van der Waals surface area contributed by atoms with Crippen molar-refractivity contribution in [3.8, 4) is 0 Å². The number of esters is 1. The molecule has 41 heavy (non-hydrogen) atoms. The second-order valence-electron chi connectivity index (χ2n) is 8.43. The summed E-state index contributed by atoms with van der Waals surface area (Å²) in [6, 6.07) is 0. The van der Waals surface area contributed by atoms with E-state index in [0.717, 1.165) is 0 Å². The molecule has 240 valence electrons. The highest BCUT2D eigenvalue weighted by Crippen LogP contribution is 2.71. The van der Waals surface area contributed by atoms with E-state index in [1.165, 1.54) is 0 Å². The first kappa shape index (κ1) is 39.7. The number of aliphatic hydroxyl groups is 1. The maximum absolute atomic E-state index is 11.8. The molecular weight excluding hydrogens is 596 g/mol. The number of carbonyl (C=O) groups is 3. The van der Waals surface area contributed by atoms with Gasteiger partial charge in [-0.25, -0.2) is 14.6 Å². The molecule has 0 aliphatic rings. The Morgan fingerprint density at radius 3 is 1.66 bits per heavy atom. The summed E-state index contributed by atoms with van der Waals surface area (Å²) in [6.07, 6.45) is -2.01. The maximum atomic E-state index is 11.8. The van der Waals surface area contributed by atoms with E-state index in [2.05, 4.69) is 11.9 Å². The van der Waals surface area contributed by atoms with Crippen molar-refractivity contribution in [3.63, 3.8) is 0 Å². The van der Waals surface area contributed by atoms with Gasteiger partial charge < -0.3 is 53.5 Å². The van der Waals surface area contributed by atoms with Crippen molar-refractivity contribution in [2.75, 3.05) is 79.2 Å². The van der Waals surface area contributed by atoms with Crippen LogP contribution in [0, 0.1) is 0 Å². The van der Waals surface area contributed by atoms with Crippen LogP contribution < -0.4 is 20.0 Å². The second kappa shape index (κ2) is 21.4. The van der Waals surface area contributed by atoms with Gasteiger partial charge >= 0.3 is 19.0 Å². The molecule has 0 aromatic rings. The third-order valence-corrected chi connectivity index (χ3v) is 8.67. The zero-order chi connectivity index (χ0) is 31.4. The number of Topliss-reactive ketones (excluding diaryl/α,β-unsaturated/α-hetero) is 1. The van der Waals surface area contributed by atoms with E-state index < -0.39 is 57.9 Å². The van der Waals surface area contributed by atoms with Gasteiger partial charge in [-0.3, -0.25) is 14.5 Å². The first-order valence-corrected chi connectivity index (χ1v) is 15.6. The van der Waals surface area contributed by atoms with Crippen molar-refractivity contribution >= 4 is 33.5 Å². The molecule has 0 fully saturated rings. The Morgan fingerprint density at radius 1 is 0.805 bits per heavy atom. The van der Waals surface area contributed by atoms with E-state index in [4.69, 9.17) is 43.1 Å². The van der Waals surface area contributed by atoms with Crippen molar-refractivity contribution in [1.82, 2.24) is 5.32 Å². The van der Waals surface area contributed by atoms with E-state index >= 15 is 0 Å². The van der Waals surface area contributed by atoms with Crippen LogP contribution in [0.5, 0.6) is 0 Å². The monoisotopic (exact) mass is 636 g/mol. The Hall–Kier alpha value is -1.27. The third kappa shape index (κ3) is 18.8. The van der Waals surface area contributed by atoms with Gasteiger partial charge in [0.25, 0.3) is 0 Å². The van der Waals surface area contributed by atoms with Gasteiger partial charge in [0, 0.05) is 12.1 Å². The van der Waals surface area contributed by atoms with Crippen molar-refractivity contribution < 1.29 is 77.3 Å². The van der Waals surface area contributed by atoms with Crippen molar-refractivity contribution in [2.24, 2.45) is 0 Å². The fourth-order valence-electron chi connectivity index (χ4n) is 2.68. The fraction of sp³-hybridized carbons (Fsp3) is 0.773. The molecule has 0 saturated carbocycles. The Balaban J connectivity index is 3.62. The van der Waals surface area contributed by atoms with E-state index in [-0.39, 0.29) is 46.2 Å².